The van der Waals surface area contributed by atoms with Gasteiger partial charge in [-0.2, -0.15) is 9.37 Å². The Balaban J connectivity index is 1.79. The Morgan fingerprint density at radius 1 is 1.12 bits per heavy atom. The van der Waals surface area contributed by atoms with Gasteiger partial charge in [0.25, 0.3) is 5.95 Å². The van der Waals surface area contributed by atoms with Crippen LogP contribution in [0.25, 0.3) is 0 Å². The number of aromatic nitrogens is 1. The molecule has 1 aromatic rings. The van der Waals surface area contributed by atoms with Crippen LogP contribution in [0.15, 0.2) is 6.07 Å². The van der Waals surface area contributed by atoms with E-state index in [1.165, 1.54) is 6.42 Å². The molecule has 2 aliphatic carbocycles. The fourth-order valence-electron chi connectivity index (χ4n) is 3.14. The molecule has 3 unspecified atom stereocenters. The number of nitrogens with one attached hydrogen (secondary N) is 1. The van der Waals surface area contributed by atoms with Gasteiger partial charge in [-0.3, -0.25) is 0 Å². The molecule has 1 heterocycles. The molecule has 0 amide bonds. The van der Waals surface area contributed by atoms with Crippen LogP contribution in [0, 0.1) is 29.4 Å². The van der Waals surface area contributed by atoms with Crippen molar-refractivity contribution in [3.63, 3.8) is 0 Å². The van der Waals surface area contributed by atoms with Gasteiger partial charge in [0.15, 0.2) is 17.5 Å². The van der Waals surface area contributed by atoms with Crippen molar-refractivity contribution in [2.75, 3.05) is 5.32 Å². The van der Waals surface area contributed by atoms with Crippen LogP contribution in [0.1, 0.15) is 25.7 Å². The van der Waals surface area contributed by atoms with Crippen LogP contribution in [0.3, 0.4) is 0 Å². The van der Waals surface area contributed by atoms with Gasteiger partial charge >= 0.3 is 0 Å². The molecule has 92 valence electrons. The normalized spacial score (nSPS) is 30.9. The van der Waals surface area contributed by atoms with E-state index >= 15 is 0 Å². The Morgan fingerprint density at radius 2 is 1.94 bits per heavy atom. The summed E-state index contributed by atoms with van der Waals surface area (Å²) in [6.45, 7) is 0. The van der Waals surface area contributed by atoms with E-state index in [1.807, 2.05) is 0 Å². The molecular weight excluding hydrogens is 229 g/mol. The van der Waals surface area contributed by atoms with Gasteiger partial charge in [-0.1, -0.05) is 6.42 Å². The number of hydrogen-bond acceptors (Lipinski definition) is 2. The van der Waals surface area contributed by atoms with E-state index in [2.05, 4.69) is 10.3 Å². The fourth-order valence-corrected chi connectivity index (χ4v) is 3.14. The standard InChI is InChI=1S/C12H13F3N2/c13-8-5-9(14)12(17-11(8)15)16-10-4-6-1-2-7(10)3-6/h5-7,10H,1-4H2,(H,16,17). The molecule has 0 saturated heterocycles. The van der Waals surface area contributed by atoms with Gasteiger partial charge in [-0.15, -0.1) is 0 Å². The summed E-state index contributed by atoms with van der Waals surface area (Å²) in [4.78, 5) is 3.29. The summed E-state index contributed by atoms with van der Waals surface area (Å²) in [5.41, 5.74) is 0. The first kappa shape index (κ1) is 10.9. The highest BCUT2D eigenvalue weighted by molar-refractivity contribution is 5.38. The maximum Gasteiger partial charge on any atom is 0.251 e. The minimum absolute atomic E-state index is 0.153. The van der Waals surface area contributed by atoms with Crippen LogP contribution in [-0.4, -0.2) is 11.0 Å². The van der Waals surface area contributed by atoms with Crippen molar-refractivity contribution in [2.45, 2.75) is 31.7 Å². The summed E-state index contributed by atoms with van der Waals surface area (Å²) in [5.74, 6) is -2.27. The Labute approximate surface area is 97.2 Å². The largest absolute Gasteiger partial charge is 0.365 e. The zero-order valence-electron chi connectivity index (χ0n) is 9.22. The Morgan fingerprint density at radius 3 is 2.59 bits per heavy atom. The quantitative estimate of drug-likeness (QED) is 0.806. The number of halogens is 3. The van der Waals surface area contributed by atoms with Crippen LogP contribution in [0.4, 0.5) is 19.0 Å². The third-order valence-corrected chi connectivity index (χ3v) is 3.95. The Bertz CT molecular complexity index is 450. The minimum atomic E-state index is -1.25. The van der Waals surface area contributed by atoms with Crippen LogP contribution >= 0.6 is 0 Å². The highest BCUT2D eigenvalue weighted by Crippen LogP contribution is 2.45. The van der Waals surface area contributed by atoms with E-state index in [4.69, 9.17) is 0 Å². The van der Waals surface area contributed by atoms with Crippen molar-refractivity contribution in [1.29, 1.82) is 0 Å². The second kappa shape index (κ2) is 3.89. The Hall–Kier alpha value is -1.26. The lowest BCUT2D eigenvalue weighted by atomic mass is 9.95. The van der Waals surface area contributed by atoms with Crippen molar-refractivity contribution >= 4 is 5.82 Å². The van der Waals surface area contributed by atoms with E-state index in [-0.39, 0.29) is 11.9 Å². The van der Waals surface area contributed by atoms with Gasteiger partial charge in [0.05, 0.1) is 0 Å². The molecular formula is C12H13F3N2. The van der Waals surface area contributed by atoms with E-state index in [1.54, 1.807) is 0 Å². The molecule has 3 rings (SSSR count). The Kier molecular flexibility index (Phi) is 2.49. The highest BCUT2D eigenvalue weighted by Gasteiger charge is 2.39. The topological polar surface area (TPSA) is 24.9 Å². The molecule has 0 spiro atoms. The molecule has 1 aromatic heterocycles. The molecule has 2 fully saturated rings. The maximum atomic E-state index is 13.4. The SMILES string of the molecule is Fc1cc(F)c(NC2CC3CCC2C3)nc1F. The molecule has 2 aliphatic rings. The minimum Gasteiger partial charge on any atom is -0.365 e. The number of pyridine rings is 1. The molecule has 3 atom stereocenters. The van der Waals surface area contributed by atoms with Crippen LogP contribution in [0.2, 0.25) is 0 Å². The lowest BCUT2D eigenvalue weighted by Gasteiger charge is -2.23. The second-order valence-electron chi connectivity index (χ2n) is 5.02. The second-order valence-corrected chi connectivity index (χ2v) is 5.02. The maximum absolute atomic E-state index is 13.4. The van der Waals surface area contributed by atoms with Crippen molar-refractivity contribution < 1.29 is 13.2 Å². The smallest absolute Gasteiger partial charge is 0.251 e. The number of fused-ring (bicyclic) bond motifs is 2. The number of rotatable bonds is 2. The lowest BCUT2D eigenvalue weighted by molar-refractivity contribution is 0.431. The molecule has 2 bridgehead atoms. The summed E-state index contributed by atoms with van der Waals surface area (Å²) in [6, 6.07) is 0.693. The fraction of sp³-hybridized carbons (Fsp3) is 0.583. The highest BCUT2D eigenvalue weighted by atomic mass is 19.2. The van der Waals surface area contributed by atoms with Gasteiger partial charge in [-0.05, 0) is 31.1 Å². The van der Waals surface area contributed by atoms with Crippen molar-refractivity contribution in [1.82, 2.24) is 4.98 Å². The van der Waals surface area contributed by atoms with Gasteiger partial charge in [-0.25, -0.2) is 8.78 Å². The molecule has 2 saturated carbocycles. The van der Waals surface area contributed by atoms with Crippen LogP contribution in [-0.2, 0) is 0 Å². The molecule has 17 heavy (non-hydrogen) atoms. The zero-order valence-corrected chi connectivity index (χ0v) is 9.22. The van der Waals surface area contributed by atoms with E-state index in [9.17, 15) is 13.2 Å². The number of nitrogens with zero attached hydrogens (tertiary/aromatic N) is 1. The molecule has 5 heteroatoms. The van der Waals surface area contributed by atoms with Gasteiger partial charge < -0.3 is 5.32 Å². The molecule has 0 aromatic carbocycles. The third kappa shape index (κ3) is 1.87. The monoisotopic (exact) mass is 242 g/mol. The summed E-state index contributed by atoms with van der Waals surface area (Å²) in [6.07, 6.45) is 4.50. The summed E-state index contributed by atoms with van der Waals surface area (Å²) in [7, 11) is 0. The van der Waals surface area contributed by atoms with E-state index in [0.29, 0.717) is 17.9 Å². The average molecular weight is 242 g/mol. The number of anilines is 1. The average Bonchev–Trinajstić information content (AvgIpc) is 2.87. The summed E-state index contributed by atoms with van der Waals surface area (Å²) >= 11 is 0. The molecule has 1 N–H and O–H groups in total. The van der Waals surface area contributed by atoms with E-state index < -0.39 is 17.6 Å². The third-order valence-electron chi connectivity index (χ3n) is 3.95. The molecule has 2 nitrogen and oxygen atoms in total. The first-order valence-corrected chi connectivity index (χ1v) is 5.91. The number of hydrogen-bond donors (Lipinski definition) is 1. The van der Waals surface area contributed by atoms with Gasteiger partial charge in [0.2, 0.25) is 0 Å². The predicted octanol–water partition coefficient (Wildman–Crippen LogP) is 3.10. The molecule has 0 radical (unpaired) electrons. The van der Waals surface area contributed by atoms with Crippen molar-refractivity contribution in [3.05, 3.63) is 23.6 Å². The van der Waals surface area contributed by atoms with E-state index in [0.717, 1.165) is 19.3 Å². The van der Waals surface area contributed by atoms with Crippen molar-refractivity contribution in [3.8, 4) is 0 Å². The zero-order chi connectivity index (χ0) is 12.0. The summed E-state index contributed by atoms with van der Waals surface area (Å²) < 4.78 is 39.0. The van der Waals surface area contributed by atoms with Crippen molar-refractivity contribution in [2.24, 2.45) is 11.8 Å². The first-order valence-electron chi connectivity index (χ1n) is 5.91. The van der Waals surface area contributed by atoms with Crippen LogP contribution < -0.4 is 5.32 Å². The lowest BCUT2D eigenvalue weighted by Crippen LogP contribution is -2.27. The van der Waals surface area contributed by atoms with Gasteiger partial charge in [0, 0.05) is 12.1 Å². The molecule has 0 aliphatic heterocycles. The predicted molar refractivity (Wildman–Crippen MR) is 57.0 cm³/mol. The summed E-state index contributed by atoms with van der Waals surface area (Å²) in [5, 5.41) is 2.92. The first-order chi connectivity index (χ1) is 8.13. The van der Waals surface area contributed by atoms with Crippen LogP contribution in [0.5, 0.6) is 0 Å². The van der Waals surface area contributed by atoms with Gasteiger partial charge in [0.1, 0.15) is 0 Å².